The Balaban J connectivity index is 0.00000120. The topological polar surface area (TPSA) is 79.1 Å². The summed E-state index contributed by atoms with van der Waals surface area (Å²) in [6, 6.07) is 7.89. The van der Waals surface area contributed by atoms with Crippen LogP contribution in [-0.2, 0) is 0 Å². The third kappa shape index (κ3) is 2.36. The normalized spacial score (nSPS) is 10.2. The number of aromatic amines is 1. The standard InChI is InChI=1S/C12H8N2O3.Ac/c15-7-3-4-9-8(6-7)12(16)14-11(13-9)10-2-1-5-17-10;/h1-6,15H,(H,13,14,16);. The minimum Gasteiger partial charge on any atom is -0.508 e. The molecule has 0 bridgehead atoms. The number of rotatable bonds is 1. The van der Waals surface area contributed by atoms with Crippen LogP contribution in [0.3, 0.4) is 0 Å². The van der Waals surface area contributed by atoms with Gasteiger partial charge in [-0.05, 0) is 30.3 Å². The molecule has 0 spiro atoms. The van der Waals surface area contributed by atoms with Gasteiger partial charge in [-0.15, -0.1) is 0 Å². The molecule has 1 radical (unpaired) electrons. The van der Waals surface area contributed by atoms with E-state index in [0.717, 1.165) is 0 Å². The van der Waals surface area contributed by atoms with Crippen LogP contribution in [0.1, 0.15) is 0 Å². The molecule has 0 fully saturated rings. The Morgan fingerprint density at radius 3 is 2.83 bits per heavy atom. The van der Waals surface area contributed by atoms with Crippen molar-refractivity contribution in [3.05, 3.63) is 46.9 Å². The SMILES string of the molecule is O=c1[nH]c(-c2ccco2)nc2ccc(O)cc12.[Ac]. The predicted molar refractivity (Wildman–Crippen MR) is 61.7 cm³/mol. The molecule has 87 valence electrons. The van der Waals surface area contributed by atoms with Gasteiger partial charge in [0, 0.05) is 44.1 Å². The molecule has 2 aromatic heterocycles. The van der Waals surface area contributed by atoms with Gasteiger partial charge in [-0.25, -0.2) is 4.98 Å². The molecule has 0 aliphatic carbocycles. The summed E-state index contributed by atoms with van der Waals surface area (Å²) in [4.78, 5) is 18.7. The number of phenols is 1. The maximum absolute atomic E-state index is 11.8. The Morgan fingerprint density at radius 1 is 1.28 bits per heavy atom. The van der Waals surface area contributed by atoms with E-state index in [9.17, 15) is 9.90 Å². The first-order valence-corrected chi connectivity index (χ1v) is 5.01. The summed E-state index contributed by atoms with van der Waals surface area (Å²) < 4.78 is 5.17. The fraction of sp³-hybridized carbons (Fsp3) is 0. The third-order valence-corrected chi connectivity index (χ3v) is 2.44. The van der Waals surface area contributed by atoms with Crippen LogP contribution in [0.4, 0.5) is 0 Å². The maximum atomic E-state index is 11.8. The van der Waals surface area contributed by atoms with Gasteiger partial charge in [-0.2, -0.15) is 0 Å². The largest absolute Gasteiger partial charge is 0.508 e. The van der Waals surface area contributed by atoms with E-state index in [2.05, 4.69) is 9.97 Å². The van der Waals surface area contributed by atoms with Crippen molar-refractivity contribution in [3.8, 4) is 17.3 Å². The van der Waals surface area contributed by atoms with E-state index in [1.807, 2.05) is 0 Å². The summed E-state index contributed by atoms with van der Waals surface area (Å²) in [6.07, 6.45) is 1.51. The van der Waals surface area contributed by atoms with Crippen molar-refractivity contribution >= 4 is 10.9 Å². The van der Waals surface area contributed by atoms with Gasteiger partial charge in [0.25, 0.3) is 5.56 Å². The molecule has 2 heterocycles. The molecular formula is C12H8AcN2O3. The number of nitrogens with one attached hydrogen (secondary N) is 1. The average molecular weight is 455 g/mol. The zero-order chi connectivity index (χ0) is 11.8. The number of benzene rings is 1. The predicted octanol–water partition coefficient (Wildman–Crippen LogP) is 1.89. The van der Waals surface area contributed by atoms with Crippen molar-refractivity contribution in [1.29, 1.82) is 0 Å². The number of aromatic hydroxyl groups is 1. The van der Waals surface area contributed by atoms with Gasteiger partial charge in [-0.1, -0.05) is 0 Å². The molecule has 1 aromatic carbocycles. The average Bonchev–Trinajstić information content (AvgIpc) is 2.83. The van der Waals surface area contributed by atoms with Crippen molar-refractivity contribution < 1.29 is 53.6 Å². The first kappa shape index (κ1) is 13.3. The molecule has 2 N–H and O–H groups in total. The van der Waals surface area contributed by atoms with E-state index in [1.165, 1.54) is 18.4 Å². The first-order chi connectivity index (χ1) is 8.24. The molecule has 3 rings (SSSR count). The number of furan rings is 1. The summed E-state index contributed by atoms with van der Waals surface area (Å²) in [6.45, 7) is 0. The van der Waals surface area contributed by atoms with Crippen LogP contribution < -0.4 is 5.56 Å². The van der Waals surface area contributed by atoms with Gasteiger partial charge in [0.1, 0.15) is 5.75 Å². The van der Waals surface area contributed by atoms with Crippen LogP contribution in [0.5, 0.6) is 5.75 Å². The van der Waals surface area contributed by atoms with E-state index >= 15 is 0 Å². The van der Waals surface area contributed by atoms with Gasteiger partial charge < -0.3 is 14.5 Å². The fourth-order valence-electron chi connectivity index (χ4n) is 1.66. The van der Waals surface area contributed by atoms with E-state index in [4.69, 9.17) is 4.42 Å². The molecule has 0 saturated carbocycles. The van der Waals surface area contributed by atoms with E-state index < -0.39 is 0 Å². The number of fused-ring (bicyclic) bond motifs is 1. The minimum atomic E-state index is -0.308. The zero-order valence-corrected chi connectivity index (χ0v) is 14.0. The zero-order valence-electron chi connectivity index (χ0n) is 9.25. The van der Waals surface area contributed by atoms with Gasteiger partial charge in [0.05, 0.1) is 17.2 Å². The van der Waals surface area contributed by atoms with Crippen LogP contribution in [0.15, 0.2) is 45.8 Å². The second kappa shape index (κ2) is 5.25. The molecule has 0 amide bonds. The monoisotopic (exact) mass is 455 g/mol. The quantitative estimate of drug-likeness (QED) is 0.588. The first-order valence-electron chi connectivity index (χ1n) is 5.01. The number of hydrogen-bond acceptors (Lipinski definition) is 4. The molecule has 0 unspecified atom stereocenters. The number of H-pyrrole nitrogens is 1. The molecule has 18 heavy (non-hydrogen) atoms. The molecule has 0 atom stereocenters. The second-order valence-corrected chi connectivity index (χ2v) is 3.59. The number of phenolic OH excluding ortho intramolecular Hbond substituents is 1. The Hall–Kier alpha value is -1.12. The summed E-state index contributed by atoms with van der Waals surface area (Å²) in [5.74, 6) is 0.908. The second-order valence-electron chi connectivity index (χ2n) is 3.59. The number of aromatic nitrogens is 2. The summed E-state index contributed by atoms with van der Waals surface area (Å²) in [5.41, 5.74) is 0.204. The van der Waals surface area contributed by atoms with Gasteiger partial charge in [0.2, 0.25) is 0 Å². The van der Waals surface area contributed by atoms with Gasteiger partial charge >= 0.3 is 0 Å². The summed E-state index contributed by atoms with van der Waals surface area (Å²) >= 11 is 0. The minimum absolute atomic E-state index is 0. The van der Waals surface area contributed by atoms with Crippen LogP contribution in [0.2, 0.25) is 0 Å². The van der Waals surface area contributed by atoms with E-state index in [-0.39, 0.29) is 55.4 Å². The molecular weight excluding hydrogens is 447 g/mol. The molecule has 0 aliphatic heterocycles. The van der Waals surface area contributed by atoms with Crippen LogP contribution in [-0.4, -0.2) is 15.1 Å². The molecule has 0 saturated heterocycles. The van der Waals surface area contributed by atoms with Crippen molar-refractivity contribution in [1.82, 2.24) is 9.97 Å². The van der Waals surface area contributed by atoms with Crippen molar-refractivity contribution in [3.63, 3.8) is 0 Å². The Kier molecular flexibility index (Phi) is 3.88. The van der Waals surface area contributed by atoms with Crippen LogP contribution in [0.25, 0.3) is 22.5 Å². The Labute approximate surface area is 137 Å². The summed E-state index contributed by atoms with van der Waals surface area (Å²) in [7, 11) is 0. The molecule has 6 heteroatoms. The Bertz CT molecular complexity index is 735. The molecule has 0 aliphatic rings. The van der Waals surface area contributed by atoms with Gasteiger partial charge in [-0.3, -0.25) is 4.79 Å². The van der Waals surface area contributed by atoms with E-state index in [0.29, 0.717) is 22.5 Å². The maximum Gasteiger partial charge on any atom is 0.259 e. The van der Waals surface area contributed by atoms with Crippen molar-refractivity contribution in [2.45, 2.75) is 0 Å². The van der Waals surface area contributed by atoms with Gasteiger partial charge in [0.15, 0.2) is 11.6 Å². The van der Waals surface area contributed by atoms with Crippen LogP contribution >= 0.6 is 0 Å². The summed E-state index contributed by atoms with van der Waals surface area (Å²) in [5, 5.41) is 9.66. The molecule has 3 aromatic rings. The fourth-order valence-corrected chi connectivity index (χ4v) is 1.66. The van der Waals surface area contributed by atoms with Crippen LogP contribution in [0, 0.1) is 44.1 Å². The van der Waals surface area contributed by atoms with E-state index in [1.54, 1.807) is 18.2 Å². The van der Waals surface area contributed by atoms with Crippen molar-refractivity contribution in [2.75, 3.05) is 0 Å². The number of nitrogens with zero attached hydrogens (tertiary/aromatic N) is 1. The van der Waals surface area contributed by atoms with Crippen molar-refractivity contribution in [2.24, 2.45) is 0 Å². The molecule has 5 nitrogen and oxygen atoms in total. The number of hydrogen-bond donors (Lipinski definition) is 2. The smallest absolute Gasteiger partial charge is 0.259 e. The Morgan fingerprint density at radius 2 is 2.11 bits per heavy atom. The third-order valence-electron chi connectivity index (χ3n) is 2.44.